The molecular formula is C14H24N2O4. The summed E-state index contributed by atoms with van der Waals surface area (Å²) in [6.07, 6.45) is -0.0588. The van der Waals surface area contributed by atoms with Gasteiger partial charge in [0.2, 0.25) is 0 Å². The summed E-state index contributed by atoms with van der Waals surface area (Å²) in [6, 6.07) is 0.324. The van der Waals surface area contributed by atoms with Crippen molar-refractivity contribution in [1.29, 1.82) is 0 Å². The molecule has 6 nitrogen and oxygen atoms in total. The van der Waals surface area contributed by atoms with Gasteiger partial charge in [0.25, 0.3) is 0 Å². The monoisotopic (exact) mass is 284 g/mol. The highest BCUT2D eigenvalue weighted by Crippen LogP contribution is 2.44. The number of ether oxygens (including phenoxy) is 3. The van der Waals surface area contributed by atoms with Crippen LogP contribution < -0.4 is 5.32 Å². The van der Waals surface area contributed by atoms with Crippen molar-refractivity contribution in [2.24, 2.45) is 11.8 Å². The Hall–Kier alpha value is -0.850. The van der Waals surface area contributed by atoms with Crippen molar-refractivity contribution in [2.75, 3.05) is 40.0 Å². The summed E-state index contributed by atoms with van der Waals surface area (Å²) >= 11 is 0. The lowest BCUT2D eigenvalue weighted by atomic mass is 10.1. The predicted octanol–water partition coefficient (Wildman–Crippen LogP) is 0.467. The molecule has 0 aromatic rings. The molecule has 20 heavy (non-hydrogen) atoms. The van der Waals surface area contributed by atoms with Gasteiger partial charge in [-0.1, -0.05) is 0 Å². The molecule has 0 aromatic heterocycles. The standard InChI is InChI=1S/C14H24N2O4/c1-14(2)8-16(4-9(20-14)5-18-3)13(17)15-12-10-6-19-7-11(10)12/h9-12H,4-8H2,1-3H3,(H,15,17)/t9?,10-,11+,12?. The van der Waals surface area contributed by atoms with Crippen LogP contribution in [0, 0.1) is 11.8 Å². The average Bonchev–Trinajstić information content (AvgIpc) is 2.82. The maximum Gasteiger partial charge on any atom is 0.317 e. The van der Waals surface area contributed by atoms with E-state index in [-0.39, 0.29) is 17.7 Å². The van der Waals surface area contributed by atoms with Gasteiger partial charge >= 0.3 is 6.03 Å². The van der Waals surface area contributed by atoms with Crippen LogP contribution in [0.3, 0.4) is 0 Å². The molecule has 114 valence electrons. The fourth-order valence-corrected chi connectivity index (χ4v) is 3.41. The zero-order valence-electron chi connectivity index (χ0n) is 12.4. The average molecular weight is 284 g/mol. The molecule has 0 bridgehead atoms. The zero-order valence-corrected chi connectivity index (χ0v) is 12.4. The number of carbonyl (C=O) groups excluding carboxylic acids is 1. The van der Waals surface area contributed by atoms with E-state index in [1.54, 1.807) is 7.11 Å². The zero-order chi connectivity index (χ0) is 14.3. The Labute approximate surface area is 119 Å². The molecular weight excluding hydrogens is 260 g/mol. The van der Waals surface area contributed by atoms with E-state index in [0.717, 1.165) is 13.2 Å². The summed E-state index contributed by atoms with van der Waals surface area (Å²) in [5, 5.41) is 3.14. The highest BCUT2D eigenvalue weighted by molar-refractivity contribution is 5.75. The van der Waals surface area contributed by atoms with Crippen LogP contribution in [-0.4, -0.2) is 68.7 Å². The lowest BCUT2D eigenvalue weighted by Gasteiger charge is -2.42. The minimum absolute atomic E-state index is 0.0156. The second-order valence-corrected chi connectivity index (χ2v) is 6.68. The lowest BCUT2D eigenvalue weighted by Crippen LogP contribution is -2.58. The van der Waals surface area contributed by atoms with Crippen molar-refractivity contribution in [1.82, 2.24) is 10.2 Å². The molecule has 3 rings (SSSR count). The third-order valence-corrected chi connectivity index (χ3v) is 4.36. The van der Waals surface area contributed by atoms with Gasteiger partial charge in [0.1, 0.15) is 0 Å². The summed E-state index contributed by atoms with van der Waals surface area (Å²) in [6.45, 7) is 7.30. The minimum atomic E-state index is -0.332. The Morgan fingerprint density at radius 1 is 1.40 bits per heavy atom. The SMILES string of the molecule is COCC1CN(C(=O)NC2[C@H]3COC[C@@H]23)CC(C)(C)O1. The molecule has 2 saturated heterocycles. The Bertz CT molecular complexity index is 377. The summed E-state index contributed by atoms with van der Waals surface area (Å²) in [5.74, 6) is 1.06. The molecule has 3 fully saturated rings. The molecule has 0 spiro atoms. The Morgan fingerprint density at radius 3 is 2.75 bits per heavy atom. The van der Waals surface area contributed by atoms with Gasteiger partial charge in [-0.05, 0) is 13.8 Å². The van der Waals surface area contributed by atoms with E-state index in [2.05, 4.69) is 5.32 Å². The molecule has 0 aromatic carbocycles. The summed E-state index contributed by atoms with van der Waals surface area (Å²) in [4.78, 5) is 14.2. The summed E-state index contributed by atoms with van der Waals surface area (Å²) in [5.41, 5.74) is -0.332. The number of hydrogen-bond donors (Lipinski definition) is 1. The molecule has 2 unspecified atom stereocenters. The normalized spacial score (nSPS) is 38.5. The fourth-order valence-electron chi connectivity index (χ4n) is 3.41. The highest BCUT2D eigenvalue weighted by atomic mass is 16.5. The van der Waals surface area contributed by atoms with Gasteiger partial charge in [0.15, 0.2) is 0 Å². The molecule has 6 heteroatoms. The number of hydrogen-bond acceptors (Lipinski definition) is 4. The molecule has 1 saturated carbocycles. The third kappa shape index (κ3) is 2.77. The second kappa shape index (κ2) is 5.16. The Kier molecular flexibility index (Phi) is 3.64. The number of nitrogens with zero attached hydrogens (tertiary/aromatic N) is 1. The largest absolute Gasteiger partial charge is 0.382 e. The first-order valence-electron chi connectivity index (χ1n) is 7.30. The number of urea groups is 1. The van der Waals surface area contributed by atoms with E-state index < -0.39 is 0 Å². The maximum atomic E-state index is 12.4. The number of morpholine rings is 1. The van der Waals surface area contributed by atoms with Crippen molar-refractivity contribution in [3.8, 4) is 0 Å². The first-order chi connectivity index (χ1) is 9.50. The lowest BCUT2D eigenvalue weighted by molar-refractivity contribution is -0.142. The first kappa shape index (κ1) is 14.1. The van der Waals surface area contributed by atoms with E-state index in [1.165, 1.54) is 0 Å². The van der Waals surface area contributed by atoms with E-state index in [0.29, 0.717) is 37.6 Å². The number of rotatable bonds is 3. The van der Waals surface area contributed by atoms with E-state index in [9.17, 15) is 4.79 Å². The Balaban J connectivity index is 1.56. The van der Waals surface area contributed by atoms with Crippen LogP contribution in [-0.2, 0) is 14.2 Å². The van der Waals surface area contributed by atoms with Crippen LogP contribution in [0.15, 0.2) is 0 Å². The third-order valence-electron chi connectivity index (χ3n) is 4.36. The number of carbonyl (C=O) groups is 1. The fraction of sp³-hybridized carbons (Fsp3) is 0.929. The van der Waals surface area contributed by atoms with Gasteiger partial charge in [-0.3, -0.25) is 0 Å². The summed E-state index contributed by atoms with van der Waals surface area (Å²) in [7, 11) is 1.65. The van der Waals surface area contributed by atoms with Crippen LogP contribution in [0.5, 0.6) is 0 Å². The molecule has 1 N–H and O–H groups in total. The van der Waals surface area contributed by atoms with Crippen LogP contribution in [0.1, 0.15) is 13.8 Å². The van der Waals surface area contributed by atoms with Gasteiger partial charge in [0.05, 0.1) is 44.6 Å². The van der Waals surface area contributed by atoms with E-state index in [4.69, 9.17) is 14.2 Å². The topological polar surface area (TPSA) is 60.0 Å². The number of methoxy groups -OCH3 is 1. The second-order valence-electron chi connectivity index (χ2n) is 6.68. The quantitative estimate of drug-likeness (QED) is 0.818. The molecule has 2 heterocycles. The van der Waals surface area contributed by atoms with Gasteiger partial charge in [-0.2, -0.15) is 0 Å². The number of nitrogens with one attached hydrogen (secondary N) is 1. The van der Waals surface area contributed by atoms with Gasteiger partial charge in [-0.15, -0.1) is 0 Å². The number of amides is 2. The van der Waals surface area contributed by atoms with Crippen LogP contribution in [0.4, 0.5) is 4.79 Å². The van der Waals surface area contributed by atoms with Gasteiger partial charge in [-0.25, -0.2) is 4.79 Å². The molecule has 2 amide bonds. The maximum absolute atomic E-state index is 12.4. The Morgan fingerprint density at radius 2 is 2.10 bits per heavy atom. The van der Waals surface area contributed by atoms with Gasteiger partial charge < -0.3 is 24.4 Å². The first-order valence-corrected chi connectivity index (χ1v) is 7.30. The van der Waals surface area contributed by atoms with Crippen molar-refractivity contribution < 1.29 is 19.0 Å². The van der Waals surface area contributed by atoms with Crippen molar-refractivity contribution >= 4 is 6.03 Å². The number of fused-ring (bicyclic) bond motifs is 1. The molecule has 3 aliphatic rings. The van der Waals surface area contributed by atoms with Crippen molar-refractivity contribution in [3.05, 3.63) is 0 Å². The summed E-state index contributed by atoms with van der Waals surface area (Å²) < 4.78 is 16.4. The molecule has 2 aliphatic heterocycles. The predicted molar refractivity (Wildman–Crippen MR) is 72.5 cm³/mol. The van der Waals surface area contributed by atoms with E-state index >= 15 is 0 Å². The minimum Gasteiger partial charge on any atom is -0.382 e. The van der Waals surface area contributed by atoms with Crippen molar-refractivity contribution in [3.63, 3.8) is 0 Å². The smallest absolute Gasteiger partial charge is 0.317 e. The molecule has 0 radical (unpaired) electrons. The highest BCUT2D eigenvalue weighted by Gasteiger charge is 2.55. The van der Waals surface area contributed by atoms with Gasteiger partial charge in [0, 0.05) is 25.0 Å². The van der Waals surface area contributed by atoms with Crippen molar-refractivity contribution in [2.45, 2.75) is 31.6 Å². The van der Waals surface area contributed by atoms with Crippen LogP contribution >= 0.6 is 0 Å². The molecule has 1 aliphatic carbocycles. The van der Waals surface area contributed by atoms with E-state index in [1.807, 2.05) is 18.7 Å². The van der Waals surface area contributed by atoms with Crippen LogP contribution in [0.2, 0.25) is 0 Å². The molecule has 4 atom stereocenters. The van der Waals surface area contributed by atoms with Crippen LogP contribution in [0.25, 0.3) is 0 Å².